The third kappa shape index (κ3) is 5.89. The minimum Gasteiger partial charge on any atom is -0.350 e. The number of amides is 1. The van der Waals surface area contributed by atoms with Crippen molar-refractivity contribution in [2.24, 2.45) is 0 Å². The lowest BCUT2D eigenvalue weighted by Crippen LogP contribution is -2.56. The van der Waals surface area contributed by atoms with Gasteiger partial charge in [-0.25, -0.2) is 0 Å². The van der Waals surface area contributed by atoms with Gasteiger partial charge in [-0.15, -0.1) is 0 Å². The summed E-state index contributed by atoms with van der Waals surface area (Å²) in [6.45, 7) is 12.0. The molecular weight excluding hydrogens is 240 g/mol. The quantitative estimate of drug-likeness (QED) is 0.762. The first-order chi connectivity index (χ1) is 8.69. The van der Waals surface area contributed by atoms with Gasteiger partial charge in [-0.1, -0.05) is 0 Å². The molecule has 5 heteroatoms. The Morgan fingerprint density at radius 2 is 1.95 bits per heavy atom. The van der Waals surface area contributed by atoms with Crippen molar-refractivity contribution < 1.29 is 4.79 Å². The van der Waals surface area contributed by atoms with Gasteiger partial charge in [0.05, 0.1) is 6.04 Å². The highest BCUT2D eigenvalue weighted by Crippen LogP contribution is 2.05. The zero-order chi connectivity index (χ0) is 14.6. The zero-order valence-electron chi connectivity index (χ0n) is 13.3. The molecule has 2 N–H and O–H groups in total. The number of carbonyl (C=O) groups is 1. The van der Waals surface area contributed by atoms with E-state index in [1.54, 1.807) is 0 Å². The van der Waals surface area contributed by atoms with E-state index in [1.807, 2.05) is 27.7 Å². The van der Waals surface area contributed by atoms with Gasteiger partial charge in [0.25, 0.3) is 0 Å². The van der Waals surface area contributed by atoms with Crippen molar-refractivity contribution in [2.75, 3.05) is 40.3 Å². The summed E-state index contributed by atoms with van der Waals surface area (Å²) < 4.78 is 0. The second-order valence-corrected chi connectivity index (χ2v) is 6.77. The molecule has 1 rings (SSSR count). The van der Waals surface area contributed by atoms with Crippen LogP contribution >= 0.6 is 0 Å². The average Bonchev–Trinajstić information content (AvgIpc) is 2.27. The molecule has 112 valence electrons. The summed E-state index contributed by atoms with van der Waals surface area (Å²) in [5.74, 6) is 0.0688. The van der Waals surface area contributed by atoms with E-state index in [4.69, 9.17) is 0 Å². The first-order valence-electron chi connectivity index (χ1n) is 7.13. The summed E-state index contributed by atoms with van der Waals surface area (Å²) >= 11 is 0. The van der Waals surface area contributed by atoms with Crippen LogP contribution in [0, 0.1) is 0 Å². The van der Waals surface area contributed by atoms with E-state index < -0.39 is 0 Å². The molecule has 1 saturated heterocycles. The number of nitrogens with one attached hydrogen (secondary N) is 2. The lowest BCUT2D eigenvalue weighted by atomic mass is 10.1. The minimum absolute atomic E-state index is 0.0688. The summed E-state index contributed by atoms with van der Waals surface area (Å²) in [6, 6.07) is 0.323. The fourth-order valence-corrected chi connectivity index (χ4v) is 2.21. The van der Waals surface area contributed by atoms with Gasteiger partial charge in [-0.3, -0.25) is 9.69 Å². The summed E-state index contributed by atoms with van der Waals surface area (Å²) in [4.78, 5) is 16.7. The highest BCUT2D eigenvalue weighted by atomic mass is 16.2. The van der Waals surface area contributed by atoms with Gasteiger partial charge < -0.3 is 15.5 Å². The zero-order valence-corrected chi connectivity index (χ0v) is 13.3. The molecule has 0 spiro atoms. The van der Waals surface area contributed by atoms with Crippen LogP contribution in [0.4, 0.5) is 0 Å². The molecule has 0 bridgehead atoms. The van der Waals surface area contributed by atoms with Crippen molar-refractivity contribution in [1.82, 2.24) is 20.4 Å². The minimum atomic E-state index is -0.172. The summed E-state index contributed by atoms with van der Waals surface area (Å²) in [5.41, 5.74) is -0.172. The highest BCUT2D eigenvalue weighted by molar-refractivity contribution is 5.81. The molecular formula is C14H30N4O. The molecule has 2 unspecified atom stereocenters. The number of carbonyl (C=O) groups excluding carboxylic acids is 1. The molecule has 1 heterocycles. The Labute approximate surface area is 117 Å². The molecule has 2 atom stereocenters. The van der Waals surface area contributed by atoms with Gasteiger partial charge in [0.15, 0.2) is 0 Å². The van der Waals surface area contributed by atoms with Crippen molar-refractivity contribution in [3.63, 3.8) is 0 Å². The number of hydrogen-bond acceptors (Lipinski definition) is 4. The molecule has 0 radical (unpaired) electrons. The Bertz CT molecular complexity index is 300. The first kappa shape index (κ1) is 16.4. The van der Waals surface area contributed by atoms with Crippen molar-refractivity contribution >= 4 is 5.91 Å². The van der Waals surface area contributed by atoms with Gasteiger partial charge in [0.1, 0.15) is 0 Å². The van der Waals surface area contributed by atoms with Crippen LogP contribution in [0.5, 0.6) is 0 Å². The van der Waals surface area contributed by atoms with Gasteiger partial charge in [0.2, 0.25) is 5.91 Å². The second-order valence-electron chi connectivity index (χ2n) is 6.77. The first-order valence-corrected chi connectivity index (χ1v) is 7.13. The molecule has 1 amide bonds. The van der Waals surface area contributed by atoms with Gasteiger partial charge >= 0.3 is 0 Å². The molecule has 1 fully saturated rings. The van der Waals surface area contributed by atoms with E-state index in [0.717, 1.165) is 26.2 Å². The lowest BCUT2D eigenvalue weighted by molar-refractivity contribution is -0.124. The summed E-state index contributed by atoms with van der Waals surface area (Å²) in [7, 11) is 4.30. The largest absolute Gasteiger partial charge is 0.350 e. The van der Waals surface area contributed by atoms with Crippen LogP contribution in [-0.2, 0) is 4.79 Å². The average molecular weight is 270 g/mol. The van der Waals surface area contributed by atoms with Crippen molar-refractivity contribution in [2.45, 2.75) is 45.3 Å². The summed E-state index contributed by atoms with van der Waals surface area (Å²) in [5, 5.41) is 6.35. The van der Waals surface area contributed by atoms with Crippen molar-refractivity contribution in [1.29, 1.82) is 0 Å². The molecule has 1 aliphatic rings. The van der Waals surface area contributed by atoms with E-state index in [9.17, 15) is 4.79 Å². The van der Waals surface area contributed by atoms with Crippen LogP contribution in [0.25, 0.3) is 0 Å². The third-order valence-electron chi connectivity index (χ3n) is 3.53. The van der Waals surface area contributed by atoms with Crippen LogP contribution in [0.15, 0.2) is 0 Å². The maximum Gasteiger partial charge on any atom is 0.237 e. The third-order valence-corrected chi connectivity index (χ3v) is 3.53. The fraction of sp³-hybridized carbons (Fsp3) is 0.929. The topological polar surface area (TPSA) is 47.6 Å². The Morgan fingerprint density at radius 1 is 1.32 bits per heavy atom. The number of nitrogens with zero attached hydrogens (tertiary/aromatic N) is 2. The Hall–Kier alpha value is -0.650. The second kappa shape index (κ2) is 6.68. The SMILES string of the molecule is CC(NCC1CN(C)CCN1C)C(=O)NC(C)(C)C. The monoisotopic (exact) mass is 270 g/mol. The molecule has 0 aliphatic carbocycles. The molecule has 0 aromatic heterocycles. The number of likely N-dealkylation sites (N-methyl/N-ethyl adjacent to an activating group) is 2. The van der Waals surface area contributed by atoms with E-state index in [0.29, 0.717) is 6.04 Å². The smallest absolute Gasteiger partial charge is 0.237 e. The predicted molar refractivity (Wildman–Crippen MR) is 79.3 cm³/mol. The maximum atomic E-state index is 12.0. The van der Waals surface area contributed by atoms with Crippen LogP contribution < -0.4 is 10.6 Å². The standard InChI is InChI=1S/C14H30N4O/c1-11(13(19)16-14(2,3)4)15-9-12-10-17(5)7-8-18(12)6/h11-12,15H,7-10H2,1-6H3,(H,16,19). The van der Waals surface area contributed by atoms with E-state index in [2.05, 4.69) is 34.5 Å². The van der Waals surface area contributed by atoms with Gasteiger partial charge in [0, 0.05) is 37.8 Å². The number of rotatable bonds is 4. The molecule has 1 aliphatic heterocycles. The van der Waals surface area contributed by atoms with Crippen LogP contribution in [0.1, 0.15) is 27.7 Å². The lowest BCUT2D eigenvalue weighted by Gasteiger charge is -2.38. The molecule has 0 saturated carbocycles. The van der Waals surface area contributed by atoms with Crippen molar-refractivity contribution in [3.8, 4) is 0 Å². The summed E-state index contributed by atoms with van der Waals surface area (Å²) in [6.07, 6.45) is 0. The number of hydrogen-bond donors (Lipinski definition) is 2. The Balaban J connectivity index is 2.36. The fourth-order valence-electron chi connectivity index (χ4n) is 2.21. The predicted octanol–water partition coefficient (Wildman–Crippen LogP) is 0.125. The van der Waals surface area contributed by atoms with Gasteiger partial charge in [-0.2, -0.15) is 0 Å². The van der Waals surface area contributed by atoms with E-state index in [1.165, 1.54) is 0 Å². The van der Waals surface area contributed by atoms with Crippen LogP contribution in [0.3, 0.4) is 0 Å². The molecule has 5 nitrogen and oxygen atoms in total. The van der Waals surface area contributed by atoms with E-state index >= 15 is 0 Å². The highest BCUT2D eigenvalue weighted by Gasteiger charge is 2.24. The van der Waals surface area contributed by atoms with Crippen LogP contribution in [0.2, 0.25) is 0 Å². The molecule has 0 aromatic carbocycles. The maximum absolute atomic E-state index is 12.0. The van der Waals surface area contributed by atoms with Crippen LogP contribution in [-0.4, -0.2) is 73.6 Å². The Morgan fingerprint density at radius 3 is 2.53 bits per heavy atom. The Kier molecular flexibility index (Phi) is 5.77. The normalized spacial score (nSPS) is 24.2. The number of piperazine rings is 1. The molecule has 0 aromatic rings. The van der Waals surface area contributed by atoms with Gasteiger partial charge in [-0.05, 0) is 41.8 Å². The van der Waals surface area contributed by atoms with Crippen molar-refractivity contribution in [3.05, 3.63) is 0 Å². The molecule has 19 heavy (non-hydrogen) atoms. The van der Waals surface area contributed by atoms with E-state index in [-0.39, 0.29) is 17.5 Å².